The van der Waals surface area contributed by atoms with E-state index in [2.05, 4.69) is 14.5 Å². The van der Waals surface area contributed by atoms with Crippen LogP contribution in [-0.2, 0) is 9.05 Å². The van der Waals surface area contributed by atoms with Crippen LogP contribution in [0, 0.1) is 10.1 Å². The predicted octanol–water partition coefficient (Wildman–Crippen LogP) is 1.82. The molecule has 0 N–H and O–H groups in total. The third-order valence-electron chi connectivity index (χ3n) is 1.77. The number of alkyl halides is 3. The summed E-state index contributed by atoms with van der Waals surface area (Å²) in [5.74, 6) is -3.42. The number of aromatic nitrogens is 1. The van der Waals surface area contributed by atoms with Crippen molar-refractivity contribution in [2.75, 3.05) is 7.11 Å². The van der Waals surface area contributed by atoms with Crippen molar-refractivity contribution in [3.63, 3.8) is 0 Å². The number of methoxy groups -OCH3 is 1. The van der Waals surface area contributed by atoms with Gasteiger partial charge in [-0.15, -0.1) is 13.2 Å². The molecule has 0 radical (unpaired) electrons. The lowest BCUT2D eigenvalue weighted by Crippen LogP contribution is -2.20. The van der Waals surface area contributed by atoms with E-state index in [1.807, 2.05) is 0 Å². The van der Waals surface area contributed by atoms with Gasteiger partial charge in [-0.05, 0) is 4.92 Å². The number of nitro groups is 1. The first-order valence-electron chi connectivity index (χ1n) is 4.39. The van der Waals surface area contributed by atoms with E-state index in [0.717, 1.165) is 7.11 Å². The maximum Gasteiger partial charge on any atom is 0.575 e. The summed E-state index contributed by atoms with van der Waals surface area (Å²) in [6.45, 7) is 0. The molecule has 0 amide bonds. The normalized spacial score (nSPS) is 12.1. The van der Waals surface area contributed by atoms with Crippen LogP contribution in [-0.4, -0.2) is 31.8 Å². The minimum atomic E-state index is -5.31. The largest absolute Gasteiger partial charge is 0.575 e. The van der Waals surface area contributed by atoms with Crippen molar-refractivity contribution in [3.05, 3.63) is 16.2 Å². The topological polar surface area (TPSA) is 109 Å². The van der Waals surface area contributed by atoms with Gasteiger partial charge in [0.25, 0.3) is 9.05 Å². The lowest BCUT2D eigenvalue weighted by molar-refractivity contribution is -0.391. The van der Waals surface area contributed by atoms with E-state index >= 15 is 0 Å². The number of pyridine rings is 1. The Morgan fingerprint density at radius 2 is 2.00 bits per heavy atom. The zero-order valence-electron chi connectivity index (χ0n) is 9.34. The summed E-state index contributed by atoms with van der Waals surface area (Å²) < 4.78 is 66.4. The molecule has 1 aromatic heterocycles. The molecule has 0 aliphatic heterocycles. The molecule has 0 atom stereocenters. The highest BCUT2D eigenvalue weighted by molar-refractivity contribution is 8.13. The summed E-state index contributed by atoms with van der Waals surface area (Å²) in [4.78, 5) is 11.1. The van der Waals surface area contributed by atoms with Crippen LogP contribution in [0.4, 0.5) is 19.0 Å². The molecule has 1 rings (SSSR count). The summed E-state index contributed by atoms with van der Waals surface area (Å²) in [7, 11) is 1.14. The number of hydrogen-bond acceptors (Lipinski definition) is 7. The van der Waals surface area contributed by atoms with E-state index in [0.29, 0.717) is 6.07 Å². The molecule has 8 nitrogen and oxygen atoms in total. The van der Waals surface area contributed by atoms with E-state index in [-0.39, 0.29) is 0 Å². The van der Waals surface area contributed by atoms with Gasteiger partial charge in [0.15, 0.2) is 4.90 Å². The number of rotatable bonds is 4. The van der Waals surface area contributed by atoms with Crippen molar-refractivity contribution in [2.24, 2.45) is 0 Å². The fraction of sp³-hybridized carbons (Fsp3) is 0.286. The predicted molar refractivity (Wildman–Crippen MR) is 57.2 cm³/mol. The van der Waals surface area contributed by atoms with E-state index in [1.54, 1.807) is 0 Å². The van der Waals surface area contributed by atoms with E-state index < -0.39 is 42.7 Å². The molecule has 0 saturated heterocycles. The smallest absolute Gasteiger partial charge is 0.489 e. The first kappa shape index (κ1) is 16.2. The average Bonchev–Trinajstić information content (AvgIpc) is 2.24. The van der Waals surface area contributed by atoms with Crippen LogP contribution >= 0.6 is 10.7 Å². The Labute approximate surface area is 113 Å². The average molecular weight is 337 g/mol. The van der Waals surface area contributed by atoms with Crippen molar-refractivity contribution in [2.45, 2.75) is 11.3 Å². The van der Waals surface area contributed by atoms with Gasteiger partial charge in [-0.1, -0.05) is 0 Å². The van der Waals surface area contributed by atoms with Gasteiger partial charge in [0.1, 0.15) is 0 Å². The zero-order chi connectivity index (χ0) is 15.7. The van der Waals surface area contributed by atoms with E-state index in [9.17, 15) is 31.7 Å². The SMILES string of the molecule is COc1cc(S(=O)(=O)Cl)c(OC(F)(F)F)nc1[N+](=O)[O-]. The van der Waals surface area contributed by atoms with E-state index in [1.165, 1.54) is 0 Å². The molecule has 0 unspecified atom stereocenters. The molecule has 0 saturated carbocycles. The van der Waals surface area contributed by atoms with Gasteiger partial charge in [0, 0.05) is 21.7 Å². The first-order chi connectivity index (χ1) is 8.95. The molecule has 0 bridgehead atoms. The number of halogens is 4. The quantitative estimate of drug-likeness (QED) is 0.468. The van der Waals surface area contributed by atoms with Gasteiger partial charge < -0.3 is 19.6 Å². The van der Waals surface area contributed by atoms with Crippen LogP contribution < -0.4 is 9.47 Å². The second-order valence-electron chi connectivity index (χ2n) is 3.06. The monoisotopic (exact) mass is 336 g/mol. The van der Waals surface area contributed by atoms with Gasteiger partial charge >= 0.3 is 18.1 Å². The molecule has 20 heavy (non-hydrogen) atoms. The number of nitrogens with zero attached hydrogens (tertiary/aromatic N) is 2. The fourth-order valence-corrected chi connectivity index (χ4v) is 1.97. The highest BCUT2D eigenvalue weighted by atomic mass is 35.7. The standard InChI is InChI=1S/C7H4ClF3N2O6S/c1-18-3-2-4(20(8,16)17)6(19-7(9,10)11)12-5(3)13(14)15/h2H,1H3. The van der Waals surface area contributed by atoms with Crippen LogP contribution in [0.3, 0.4) is 0 Å². The fourth-order valence-electron chi connectivity index (χ4n) is 1.09. The minimum Gasteiger partial charge on any atom is -0.489 e. The van der Waals surface area contributed by atoms with Crippen LogP contribution in [0.25, 0.3) is 0 Å². The van der Waals surface area contributed by atoms with Crippen molar-refractivity contribution >= 4 is 25.6 Å². The molecule has 0 aliphatic rings. The van der Waals surface area contributed by atoms with E-state index in [4.69, 9.17) is 10.7 Å². The first-order valence-corrected chi connectivity index (χ1v) is 6.70. The van der Waals surface area contributed by atoms with Crippen LogP contribution in [0.1, 0.15) is 0 Å². The Morgan fingerprint density at radius 1 is 1.45 bits per heavy atom. The number of hydrogen-bond donors (Lipinski definition) is 0. The summed E-state index contributed by atoms with van der Waals surface area (Å²) >= 11 is 0. The molecule has 1 aromatic rings. The van der Waals surface area contributed by atoms with Crippen molar-refractivity contribution in [1.82, 2.24) is 4.98 Å². The molecular weight excluding hydrogens is 333 g/mol. The van der Waals surface area contributed by atoms with Gasteiger partial charge in [-0.2, -0.15) is 0 Å². The van der Waals surface area contributed by atoms with Gasteiger partial charge in [-0.25, -0.2) is 8.42 Å². The van der Waals surface area contributed by atoms with Crippen molar-refractivity contribution in [3.8, 4) is 11.6 Å². The summed E-state index contributed by atoms with van der Waals surface area (Å²) in [5.41, 5.74) is 0. The Balaban J connectivity index is 3.61. The summed E-state index contributed by atoms with van der Waals surface area (Å²) in [6, 6.07) is 0.411. The maximum atomic E-state index is 12.1. The second kappa shape index (κ2) is 5.28. The summed E-state index contributed by atoms with van der Waals surface area (Å²) in [6.07, 6.45) is -5.31. The second-order valence-corrected chi connectivity index (χ2v) is 5.59. The van der Waals surface area contributed by atoms with Gasteiger partial charge in [0.2, 0.25) is 5.75 Å². The lowest BCUT2D eigenvalue weighted by atomic mass is 10.4. The Kier molecular flexibility index (Phi) is 4.29. The molecule has 1 heterocycles. The Hall–Kier alpha value is -1.82. The molecular formula is C7H4ClF3N2O6S. The molecule has 112 valence electrons. The van der Waals surface area contributed by atoms with Crippen molar-refractivity contribution < 1.29 is 36.0 Å². The highest BCUT2D eigenvalue weighted by Gasteiger charge is 2.39. The molecule has 13 heteroatoms. The zero-order valence-corrected chi connectivity index (χ0v) is 10.9. The van der Waals surface area contributed by atoms with Crippen molar-refractivity contribution in [1.29, 1.82) is 0 Å². The molecule has 0 fully saturated rings. The molecule has 0 spiro atoms. The Bertz CT molecular complexity index is 647. The molecule has 0 aliphatic carbocycles. The maximum absolute atomic E-state index is 12.1. The van der Waals surface area contributed by atoms with Crippen LogP contribution in [0.5, 0.6) is 11.6 Å². The number of ether oxygens (including phenoxy) is 2. The highest BCUT2D eigenvalue weighted by Crippen LogP contribution is 2.37. The Morgan fingerprint density at radius 3 is 2.35 bits per heavy atom. The lowest BCUT2D eigenvalue weighted by Gasteiger charge is -2.09. The third kappa shape index (κ3) is 3.84. The third-order valence-corrected chi connectivity index (χ3v) is 3.09. The summed E-state index contributed by atoms with van der Waals surface area (Å²) in [5, 5.41) is 10.6. The van der Waals surface area contributed by atoms with Crippen LogP contribution in [0.15, 0.2) is 11.0 Å². The van der Waals surface area contributed by atoms with Crippen LogP contribution in [0.2, 0.25) is 0 Å². The molecule has 0 aromatic carbocycles. The van der Waals surface area contributed by atoms with Gasteiger partial charge in [0.05, 0.1) is 7.11 Å². The minimum absolute atomic E-state index is 0.411. The van der Waals surface area contributed by atoms with Gasteiger partial charge in [-0.3, -0.25) is 0 Å².